The van der Waals surface area contributed by atoms with Crippen molar-refractivity contribution in [2.24, 2.45) is 0 Å². The SMILES string of the molecule is COc1ccc(CC(=O)Nc2[nH]ncc2C2CC(c3ccc(C#N)cc3)C2)cc1. The lowest BCUT2D eigenvalue weighted by molar-refractivity contribution is -0.115. The van der Waals surface area contributed by atoms with Crippen molar-refractivity contribution in [3.8, 4) is 11.8 Å². The summed E-state index contributed by atoms with van der Waals surface area (Å²) in [5.41, 5.74) is 3.92. The molecule has 0 unspecified atom stereocenters. The number of nitrogens with zero attached hydrogens (tertiary/aromatic N) is 2. The molecule has 146 valence electrons. The maximum atomic E-state index is 12.4. The molecule has 1 saturated carbocycles. The van der Waals surface area contributed by atoms with Gasteiger partial charge in [-0.15, -0.1) is 0 Å². The molecular weight excluding hydrogens is 364 g/mol. The number of carbonyl (C=O) groups is 1. The zero-order chi connectivity index (χ0) is 20.2. The molecule has 1 aromatic heterocycles. The number of H-pyrrole nitrogens is 1. The van der Waals surface area contributed by atoms with Gasteiger partial charge in [-0.25, -0.2) is 0 Å². The average Bonchev–Trinajstić information content (AvgIpc) is 3.15. The maximum Gasteiger partial charge on any atom is 0.229 e. The molecule has 3 aromatic rings. The molecule has 1 heterocycles. The van der Waals surface area contributed by atoms with Crippen LogP contribution in [0.2, 0.25) is 0 Å². The fourth-order valence-corrected chi connectivity index (χ4v) is 3.79. The maximum absolute atomic E-state index is 12.4. The lowest BCUT2D eigenvalue weighted by atomic mass is 9.69. The normalized spacial score (nSPS) is 17.8. The second-order valence-corrected chi connectivity index (χ2v) is 7.37. The number of hydrogen-bond acceptors (Lipinski definition) is 4. The van der Waals surface area contributed by atoms with Crippen LogP contribution in [0.1, 0.15) is 46.9 Å². The van der Waals surface area contributed by atoms with E-state index in [2.05, 4.69) is 21.6 Å². The van der Waals surface area contributed by atoms with Crippen LogP contribution in [0.4, 0.5) is 5.82 Å². The Morgan fingerprint density at radius 2 is 1.90 bits per heavy atom. The van der Waals surface area contributed by atoms with Crippen molar-refractivity contribution >= 4 is 11.7 Å². The van der Waals surface area contributed by atoms with Crippen molar-refractivity contribution in [1.82, 2.24) is 10.2 Å². The Hall–Kier alpha value is -3.59. The molecule has 0 bridgehead atoms. The van der Waals surface area contributed by atoms with Gasteiger partial charge in [0, 0.05) is 5.56 Å². The van der Waals surface area contributed by atoms with Gasteiger partial charge in [-0.1, -0.05) is 24.3 Å². The zero-order valence-electron chi connectivity index (χ0n) is 16.2. The molecule has 0 aliphatic heterocycles. The summed E-state index contributed by atoms with van der Waals surface area (Å²) in [7, 11) is 1.62. The first-order valence-electron chi connectivity index (χ1n) is 9.62. The molecule has 2 aromatic carbocycles. The second-order valence-electron chi connectivity index (χ2n) is 7.37. The van der Waals surface area contributed by atoms with E-state index in [0.29, 0.717) is 29.6 Å². The molecule has 0 atom stereocenters. The predicted octanol–water partition coefficient (Wildman–Crippen LogP) is 4.13. The average molecular weight is 386 g/mol. The number of methoxy groups -OCH3 is 1. The fraction of sp³-hybridized carbons (Fsp3) is 0.261. The second kappa shape index (κ2) is 8.19. The number of rotatable bonds is 6. The highest BCUT2D eigenvalue weighted by Crippen LogP contribution is 2.48. The highest BCUT2D eigenvalue weighted by molar-refractivity contribution is 5.92. The van der Waals surface area contributed by atoms with Crippen molar-refractivity contribution in [3.05, 3.63) is 77.0 Å². The van der Waals surface area contributed by atoms with Crippen LogP contribution in [0.25, 0.3) is 0 Å². The first-order valence-corrected chi connectivity index (χ1v) is 9.62. The zero-order valence-corrected chi connectivity index (χ0v) is 16.2. The minimum atomic E-state index is -0.0800. The van der Waals surface area contributed by atoms with E-state index in [4.69, 9.17) is 10.00 Å². The van der Waals surface area contributed by atoms with Crippen molar-refractivity contribution in [2.75, 3.05) is 12.4 Å². The van der Waals surface area contributed by atoms with Crippen LogP contribution in [-0.2, 0) is 11.2 Å². The summed E-state index contributed by atoms with van der Waals surface area (Å²) in [6.07, 6.45) is 4.11. The smallest absolute Gasteiger partial charge is 0.229 e. The van der Waals surface area contributed by atoms with Gasteiger partial charge >= 0.3 is 0 Å². The van der Waals surface area contributed by atoms with E-state index in [1.165, 1.54) is 5.56 Å². The Labute approximate surface area is 169 Å². The summed E-state index contributed by atoms with van der Waals surface area (Å²) in [6, 6.07) is 17.4. The van der Waals surface area contributed by atoms with Gasteiger partial charge in [0.1, 0.15) is 11.6 Å². The van der Waals surface area contributed by atoms with Gasteiger partial charge in [0.2, 0.25) is 5.91 Å². The summed E-state index contributed by atoms with van der Waals surface area (Å²) >= 11 is 0. The lowest BCUT2D eigenvalue weighted by Crippen LogP contribution is -2.22. The molecule has 1 fully saturated rings. The third kappa shape index (κ3) is 4.14. The van der Waals surface area contributed by atoms with Gasteiger partial charge < -0.3 is 10.1 Å². The van der Waals surface area contributed by atoms with E-state index in [1.54, 1.807) is 7.11 Å². The fourth-order valence-electron chi connectivity index (χ4n) is 3.79. The molecule has 0 saturated heterocycles. The van der Waals surface area contributed by atoms with E-state index in [1.807, 2.05) is 54.7 Å². The van der Waals surface area contributed by atoms with Gasteiger partial charge in [-0.2, -0.15) is 10.4 Å². The number of hydrogen-bond donors (Lipinski definition) is 2. The van der Waals surface area contributed by atoms with E-state index in [0.717, 1.165) is 29.7 Å². The first-order chi connectivity index (χ1) is 14.2. The molecule has 29 heavy (non-hydrogen) atoms. The van der Waals surface area contributed by atoms with E-state index in [-0.39, 0.29) is 5.91 Å². The molecule has 2 N–H and O–H groups in total. The number of ether oxygens (including phenoxy) is 1. The van der Waals surface area contributed by atoms with Gasteiger partial charge in [-0.05, 0) is 60.1 Å². The number of amides is 1. The van der Waals surface area contributed by atoms with Crippen molar-refractivity contribution in [3.63, 3.8) is 0 Å². The Balaban J connectivity index is 1.35. The quantitative estimate of drug-likeness (QED) is 0.666. The van der Waals surface area contributed by atoms with Gasteiger partial charge in [0.25, 0.3) is 0 Å². The molecule has 0 radical (unpaired) electrons. The number of nitriles is 1. The number of anilines is 1. The third-order valence-corrected chi connectivity index (χ3v) is 5.55. The lowest BCUT2D eigenvalue weighted by Gasteiger charge is -2.35. The Morgan fingerprint density at radius 3 is 2.55 bits per heavy atom. The minimum absolute atomic E-state index is 0.0800. The van der Waals surface area contributed by atoms with Crippen LogP contribution in [0.5, 0.6) is 5.75 Å². The number of carbonyl (C=O) groups excluding carboxylic acids is 1. The van der Waals surface area contributed by atoms with Crippen LogP contribution < -0.4 is 10.1 Å². The first kappa shape index (κ1) is 18.8. The summed E-state index contributed by atoms with van der Waals surface area (Å²) in [4.78, 5) is 12.4. The van der Waals surface area contributed by atoms with Gasteiger partial charge in [-0.3, -0.25) is 9.89 Å². The van der Waals surface area contributed by atoms with E-state index >= 15 is 0 Å². The van der Waals surface area contributed by atoms with Crippen LogP contribution in [0.3, 0.4) is 0 Å². The van der Waals surface area contributed by atoms with Gasteiger partial charge in [0.15, 0.2) is 0 Å². The summed E-state index contributed by atoms with van der Waals surface area (Å²) < 4.78 is 5.14. The third-order valence-electron chi connectivity index (χ3n) is 5.55. The van der Waals surface area contributed by atoms with Crippen molar-refractivity contribution in [2.45, 2.75) is 31.1 Å². The minimum Gasteiger partial charge on any atom is -0.497 e. The van der Waals surface area contributed by atoms with Crippen molar-refractivity contribution < 1.29 is 9.53 Å². The van der Waals surface area contributed by atoms with Crippen LogP contribution >= 0.6 is 0 Å². The molecular formula is C23H22N4O2. The summed E-state index contributed by atoms with van der Waals surface area (Å²) in [6.45, 7) is 0. The number of nitrogens with one attached hydrogen (secondary N) is 2. The predicted molar refractivity (Wildman–Crippen MR) is 110 cm³/mol. The number of aromatic nitrogens is 2. The van der Waals surface area contributed by atoms with E-state index < -0.39 is 0 Å². The summed E-state index contributed by atoms with van der Waals surface area (Å²) in [5.74, 6) is 2.22. The number of aromatic amines is 1. The highest BCUT2D eigenvalue weighted by Gasteiger charge is 2.33. The number of benzene rings is 2. The molecule has 1 aliphatic rings. The highest BCUT2D eigenvalue weighted by atomic mass is 16.5. The monoisotopic (exact) mass is 386 g/mol. The van der Waals surface area contributed by atoms with Gasteiger partial charge in [0.05, 0.1) is 31.4 Å². The molecule has 1 aliphatic carbocycles. The largest absolute Gasteiger partial charge is 0.497 e. The Bertz CT molecular complexity index is 1030. The van der Waals surface area contributed by atoms with Crippen LogP contribution in [-0.4, -0.2) is 23.2 Å². The molecule has 4 rings (SSSR count). The summed E-state index contributed by atoms with van der Waals surface area (Å²) in [5, 5.41) is 18.9. The Morgan fingerprint density at radius 1 is 1.17 bits per heavy atom. The standard InChI is InChI=1S/C23H22N4O2/c1-29-20-8-4-15(5-9-20)10-22(28)26-23-21(14-25-27-23)19-11-18(12-19)17-6-2-16(13-24)3-7-17/h2-9,14,18-19H,10-12H2,1H3,(H2,25,26,27,28). The Kier molecular flexibility index (Phi) is 5.30. The molecule has 6 nitrogen and oxygen atoms in total. The van der Waals surface area contributed by atoms with Crippen LogP contribution in [0.15, 0.2) is 54.7 Å². The molecule has 1 amide bonds. The van der Waals surface area contributed by atoms with Crippen molar-refractivity contribution in [1.29, 1.82) is 5.26 Å². The van der Waals surface area contributed by atoms with Crippen LogP contribution in [0, 0.1) is 11.3 Å². The molecule has 0 spiro atoms. The topological polar surface area (TPSA) is 90.8 Å². The van der Waals surface area contributed by atoms with E-state index in [9.17, 15) is 4.79 Å². The molecule has 6 heteroatoms.